The van der Waals surface area contributed by atoms with Crippen LogP contribution < -0.4 is 0 Å². The van der Waals surface area contributed by atoms with Crippen molar-refractivity contribution >= 4 is 28.7 Å². The molecule has 1 N–H and O–H groups in total. The number of halogens is 1. The summed E-state index contributed by atoms with van der Waals surface area (Å²) >= 11 is 5.84. The number of carboxylic acid groups (broad SMARTS) is 1. The summed E-state index contributed by atoms with van der Waals surface area (Å²) in [5.74, 6) is 0.438. The van der Waals surface area contributed by atoms with Crippen LogP contribution in [0.25, 0.3) is 11.0 Å². The molecule has 2 aromatic rings. The number of likely N-dealkylation sites (tertiary alicyclic amines) is 1. The van der Waals surface area contributed by atoms with Crippen molar-refractivity contribution in [3.8, 4) is 0 Å². The second-order valence-corrected chi connectivity index (χ2v) is 5.68. The average molecular weight is 294 g/mol. The van der Waals surface area contributed by atoms with E-state index < -0.39 is 6.09 Å². The summed E-state index contributed by atoms with van der Waals surface area (Å²) in [4.78, 5) is 20.9. The molecular formula is C12H12ClN5O2. The number of amides is 1. The van der Waals surface area contributed by atoms with Crippen LogP contribution in [0.1, 0.15) is 18.9 Å². The zero-order valence-electron chi connectivity index (χ0n) is 10.5. The second kappa shape index (κ2) is 4.05. The first kappa shape index (κ1) is 11.9. The molecular weight excluding hydrogens is 282 g/mol. The van der Waals surface area contributed by atoms with E-state index in [1.165, 1.54) is 4.90 Å². The maximum Gasteiger partial charge on any atom is 0.407 e. The molecule has 2 aliphatic rings. The molecule has 1 saturated heterocycles. The van der Waals surface area contributed by atoms with Crippen LogP contribution >= 0.6 is 11.6 Å². The first-order chi connectivity index (χ1) is 9.65. The lowest BCUT2D eigenvalue weighted by atomic mass is 9.91. The number of carbonyl (C=O) groups is 1. The van der Waals surface area contributed by atoms with E-state index in [2.05, 4.69) is 15.1 Å². The third-order valence-corrected chi connectivity index (χ3v) is 4.55. The Balaban J connectivity index is 1.76. The van der Waals surface area contributed by atoms with E-state index in [9.17, 15) is 9.90 Å². The summed E-state index contributed by atoms with van der Waals surface area (Å²) in [5.41, 5.74) is 0.674. The Morgan fingerprint density at radius 3 is 3.05 bits per heavy atom. The van der Waals surface area contributed by atoms with Gasteiger partial charge in [0.15, 0.2) is 5.65 Å². The Morgan fingerprint density at radius 2 is 2.25 bits per heavy atom. The number of nitrogens with zero attached hydrogens (tertiary/aromatic N) is 5. The largest absolute Gasteiger partial charge is 0.465 e. The molecule has 1 saturated carbocycles. The molecule has 2 aromatic heterocycles. The molecule has 1 amide bonds. The number of aromatic nitrogens is 4. The highest BCUT2D eigenvalue weighted by Crippen LogP contribution is 2.45. The van der Waals surface area contributed by atoms with Gasteiger partial charge >= 0.3 is 6.09 Å². The van der Waals surface area contributed by atoms with E-state index in [-0.39, 0.29) is 17.4 Å². The number of fused-ring (bicyclic) bond motifs is 2. The van der Waals surface area contributed by atoms with Gasteiger partial charge in [0.05, 0.1) is 23.7 Å². The molecule has 2 fully saturated rings. The van der Waals surface area contributed by atoms with E-state index in [4.69, 9.17) is 11.6 Å². The summed E-state index contributed by atoms with van der Waals surface area (Å²) in [6.45, 7) is 0.630. The Hall–Kier alpha value is -1.89. The molecule has 0 unspecified atom stereocenters. The van der Waals surface area contributed by atoms with Crippen LogP contribution in [0, 0.1) is 5.92 Å². The van der Waals surface area contributed by atoms with Crippen molar-refractivity contribution in [3.05, 3.63) is 17.7 Å². The first-order valence-corrected chi connectivity index (χ1v) is 6.88. The molecule has 8 heteroatoms. The van der Waals surface area contributed by atoms with Crippen LogP contribution in [0.4, 0.5) is 4.79 Å². The minimum Gasteiger partial charge on any atom is -0.465 e. The van der Waals surface area contributed by atoms with Crippen molar-refractivity contribution < 1.29 is 9.90 Å². The first-order valence-electron chi connectivity index (χ1n) is 6.50. The molecule has 4 rings (SSSR count). The van der Waals surface area contributed by atoms with E-state index in [0.29, 0.717) is 18.1 Å². The van der Waals surface area contributed by atoms with Crippen molar-refractivity contribution in [2.24, 2.45) is 5.92 Å². The Morgan fingerprint density at radius 1 is 1.40 bits per heavy atom. The zero-order chi connectivity index (χ0) is 13.9. The van der Waals surface area contributed by atoms with Gasteiger partial charge in [-0.25, -0.2) is 14.5 Å². The minimum atomic E-state index is -0.859. The van der Waals surface area contributed by atoms with Gasteiger partial charge in [-0.1, -0.05) is 0 Å². The fraction of sp³-hybridized carbons (Fsp3) is 0.500. The number of hydrogen-bond donors (Lipinski definition) is 1. The predicted molar refractivity (Wildman–Crippen MR) is 70.6 cm³/mol. The monoisotopic (exact) mass is 293 g/mol. The van der Waals surface area contributed by atoms with Crippen molar-refractivity contribution in [1.29, 1.82) is 0 Å². The van der Waals surface area contributed by atoms with Gasteiger partial charge in [0.2, 0.25) is 5.28 Å². The Kier molecular flexibility index (Phi) is 2.41. The molecule has 1 aliphatic carbocycles. The van der Waals surface area contributed by atoms with Crippen LogP contribution in [-0.4, -0.2) is 48.4 Å². The van der Waals surface area contributed by atoms with Crippen molar-refractivity contribution in [2.75, 3.05) is 6.54 Å². The number of rotatable bonds is 1. The van der Waals surface area contributed by atoms with Crippen molar-refractivity contribution in [1.82, 2.24) is 24.6 Å². The smallest absolute Gasteiger partial charge is 0.407 e. The van der Waals surface area contributed by atoms with Gasteiger partial charge in [0, 0.05) is 12.7 Å². The summed E-state index contributed by atoms with van der Waals surface area (Å²) < 4.78 is 1.81. The zero-order valence-corrected chi connectivity index (χ0v) is 11.2. The van der Waals surface area contributed by atoms with E-state index in [0.717, 1.165) is 18.2 Å². The van der Waals surface area contributed by atoms with E-state index >= 15 is 0 Å². The highest BCUT2D eigenvalue weighted by atomic mass is 35.5. The summed E-state index contributed by atoms with van der Waals surface area (Å²) in [6.07, 6.45) is 4.41. The van der Waals surface area contributed by atoms with E-state index in [1.54, 1.807) is 12.4 Å². The Bertz CT molecular complexity index is 702. The highest BCUT2D eigenvalue weighted by molar-refractivity contribution is 6.28. The van der Waals surface area contributed by atoms with E-state index in [1.807, 2.05) is 4.68 Å². The van der Waals surface area contributed by atoms with Gasteiger partial charge in [-0.05, 0) is 30.4 Å². The molecule has 1 aliphatic heterocycles. The molecule has 0 spiro atoms. The van der Waals surface area contributed by atoms with Gasteiger partial charge in [0.25, 0.3) is 0 Å². The standard InChI is InChI=1S/C12H12ClN5O2/c13-11-14-3-7-4-15-18(10(7)16-11)8-2-1-6-5-17(9(6)8)12(19)20/h3-4,6,8-9H,1-2,5H2,(H,19,20)/t6-,8+,9+/m0/s1. The van der Waals surface area contributed by atoms with Crippen LogP contribution in [0.2, 0.25) is 5.28 Å². The predicted octanol–water partition coefficient (Wildman–Crippen LogP) is 1.79. The fourth-order valence-electron chi connectivity index (χ4n) is 3.47. The summed E-state index contributed by atoms with van der Waals surface area (Å²) in [6, 6.07) is 0.0395. The van der Waals surface area contributed by atoms with Crippen molar-refractivity contribution in [3.63, 3.8) is 0 Å². The normalized spacial score (nSPS) is 28.4. The lowest BCUT2D eigenvalue weighted by Crippen LogP contribution is -2.58. The molecule has 20 heavy (non-hydrogen) atoms. The SMILES string of the molecule is O=C(O)N1C[C@@H]2CC[C@@H](n3ncc4cnc(Cl)nc43)[C@@H]21. The molecule has 0 bridgehead atoms. The van der Waals surface area contributed by atoms with Gasteiger partial charge in [0.1, 0.15) is 0 Å². The minimum absolute atomic E-state index is 0.00402. The van der Waals surface area contributed by atoms with Gasteiger partial charge in [-0.2, -0.15) is 10.1 Å². The van der Waals surface area contributed by atoms with Gasteiger partial charge in [-0.3, -0.25) is 0 Å². The molecule has 0 aromatic carbocycles. The third-order valence-electron chi connectivity index (χ3n) is 4.37. The third kappa shape index (κ3) is 1.53. The summed E-state index contributed by atoms with van der Waals surface area (Å²) in [5, 5.41) is 14.6. The Labute approximate surface area is 119 Å². The average Bonchev–Trinajstić information content (AvgIpc) is 2.90. The van der Waals surface area contributed by atoms with Crippen LogP contribution in [0.3, 0.4) is 0 Å². The lowest BCUT2D eigenvalue weighted by Gasteiger charge is -2.44. The molecule has 3 heterocycles. The quantitative estimate of drug-likeness (QED) is 0.810. The van der Waals surface area contributed by atoms with Gasteiger partial charge in [-0.15, -0.1) is 0 Å². The lowest BCUT2D eigenvalue weighted by molar-refractivity contribution is 0.0231. The molecule has 7 nitrogen and oxygen atoms in total. The fourth-order valence-corrected chi connectivity index (χ4v) is 3.60. The topological polar surface area (TPSA) is 84.1 Å². The molecule has 0 radical (unpaired) electrons. The highest BCUT2D eigenvalue weighted by Gasteiger charge is 2.51. The molecule has 3 atom stereocenters. The summed E-state index contributed by atoms with van der Waals surface area (Å²) in [7, 11) is 0. The maximum atomic E-state index is 11.2. The van der Waals surface area contributed by atoms with Crippen molar-refractivity contribution in [2.45, 2.75) is 24.9 Å². The van der Waals surface area contributed by atoms with Gasteiger partial charge < -0.3 is 10.0 Å². The second-order valence-electron chi connectivity index (χ2n) is 5.34. The molecule has 104 valence electrons. The van der Waals surface area contributed by atoms with Crippen LogP contribution in [0.5, 0.6) is 0 Å². The maximum absolute atomic E-state index is 11.2. The number of hydrogen-bond acceptors (Lipinski definition) is 4. The van der Waals surface area contributed by atoms with Crippen LogP contribution in [-0.2, 0) is 0 Å². The van der Waals surface area contributed by atoms with Crippen LogP contribution in [0.15, 0.2) is 12.4 Å².